The number of hydrogen-bond acceptors (Lipinski definition) is 4. The van der Waals surface area contributed by atoms with E-state index in [-0.39, 0.29) is 5.75 Å². The SMILES string of the molecule is CNCCc1c(O)c(Br)cc2c1OCCCO2. The highest BCUT2D eigenvalue weighted by atomic mass is 79.9. The van der Waals surface area contributed by atoms with Crippen LogP contribution in [0.1, 0.15) is 12.0 Å². The van der Waals surface area contributed by atoms with Gasteiger partial charge in [-0.25, -0.2) is 0 Å². The molecule has 94 valence electrons. The zero-order chi connectivity index (χ0) is 12.3. The van der Waals surface area contributed by atoms with Crippen LogP contribution in [0.5, 0.6) is 17.2 Å². The largest absolute Gasteiger partial charge is 0.506 e. The summed E-state index contributed by atoms with van der Waals surface area (Å²) in [5, 5.41) is 13.1. The molecule has 0 fully saturated rings. The molecule has 0 bridgehead atoms. The second kappa shape index (κ2) is 5.60. The topological polar surface area (TPSA) is 50.7 Å². The van der Waals surface area contributed by atoms with E-state index in [9.17, 15) is 5.11 Å². The Morgan fingerprint density at radius 1 is 1.41 bits per heavy atom. The Kier molecular flexibility index (Phi) is 4.12. The summed E-state index contributed by atoms with van der Waals surface area (Å²) >= 11 is 3.34. The fourth-order valence-electron chi connectivity index (χ4n) is 1.81. The lowest BCUT2D eigenvalue weighted by Crippen LogP contribution is -2.11. The molecule has 2 rings (SSSR count). The lowest BCUT2D eigenvalue weighted by atomic mass is 10.1. The molecule has 1 aromatic carbocycles. The van der Waals surface area contributed by atoms with Gasteiger partial charge in [0.25, 0.3) is 0 Å². The molecule has 1 aliphatic rings. The molecule has 0 atom stereocenters. The third-order valence-corrected chi connectivity index (χ3v) is 3.29. The minimum atomic E-state index is 0.240. The molecular formula is C12H16BrNO3. The Morgan fingerprint density at radius 2 is 2.18 bits per heavy atom. The molecular weight excluding hydrogens is 286 g/mol. The van der Waals surface area contributed by atoms with Gasteiger partial charge in [-0.05, 0) is 35.9 Å². The highest BCUT2D eigenvalue weighted by Crippen LogP contribution is 2.43. The predicted octanol–water partition coefficient (Wildman–Crippen LogP) is 2.08. The lowest BCUT2D eigenvalue weighted by Gasteiger charge is -2.15. The maximum Gasteiger partial charge on any atom is 0.168 e. The second-order valence-electron chi connectivity index (χ2n) is 3.92. The van der Waals surface area contributed by atoms with E-state index in [2.05, 4.69) is 21.2 Å². The van der Waals surface area contributed by atoms with Gasteiger partial charge < -0.3 is 19.9 Å². The quantitative estimate of drug-likeness (QED) is 0.897. The van der Waals surface area contributed by atoms with Gasteiger partial charge in [0.05, 0.1) is 17.7 Å². The third kappa shape index (κ3) is 2.66. The first-order chi connectivity index (χ1) is 8.24. The maximum absolute atomic E-state index is 10.1. The minimum absolute atomic E-state index is 0.240. The molecule has 0 spiro atoms. The van der Waals surface area contributed by atoms with E-state index >= 15 is 0 Å². The van der Waals surface area contributed by atoms with Gasteiger partial charge in [0, 0.05) is 18.1 Å². The van der Waals surface area contributed by atoms with Crippen LogP contribution in [0.15, 0.2) is 10.5 Å². The average Bonchev–Trinajstić information content (AvgIpc) is 2.55. The standard InChI is InChI=1S/C12H16BrNO3/c1-14-4-3-8-11(15)9(13)7-10-12(8)17-6-2-5-16-10/h7,14-15H,2-6H2,1H3. The molecule has 17 heavy (non-hydrogen) atoms. The molecule has 0 saturated carbocycles. The molecule has 2 N–H and O–H groups in total. The summed E-state index contributed by atoms with van der Waals surface area (Å²) in [5.74, 6) is 1.63. The Hall–Kier alpha value is -0.940. The van der Waals surface area contributed by atoms with Gasteiger partial charge in [-0.3, -0.25) is 0 Å². The molecule has 5 heteroatoms. The number of fused-ring (bicyclic) bond motifs is 1. The Labute approximate surface area is 109 Å². The van der Waals surface area contributed by atoms with Crippen LogP contribution in [-0.2, 0) is 6.42 Å². The van der Waals surface area contributed by atoms with E-state index in [1.54, 1.807) is 6.07 Å². The van der Waals surface area contributed by atoms with Crippen molar-refractivity contribution in [3.05, 3.63) is 16.1 Å². The number of rotatable bonds is 3. The molecule has 0 aromatic heterocycles. The molecule has 1 aromatic rings. The van der Waals surface area contributed by atoms with E-state index < -0.39 is 0 Å². The lowest BCUT2D eigenvalue weighted by molar-refractivity contribution is 0.295. The molecule has 0 amide bonds. The van der Waals surface area contributed by atoms with Crippen LogP contribution in [0.25, 0.3) is 0 Å². The first-order valence-electron chi connectivity index (χ1n) is 5.68. The Morgan fingerprint density at radius 3 is 2.94 bits per heavy atom. The number of phenols is 1. The van der Waals surface area contributed by atoms with E-state index in [4.69, 9.17) is 9.47 Å². The van der Waals surface area contributed by atoms with E-state index in [0.717, 1.165) is 18.5 Å². The molecule has 0 unspecified atom stereocenters. The van der Waals surface area contributed by atoms with Crippen molar-refractivity contribution in [2.75, 3.05) is 26.8 Å². The zero-order valence-electron chi connectivity index (χ0n) is 9.75. The van der Waals surface area contributed by atoms with Crippen LogP contribution < -0.4 is 14.8 Å². The summed E-state index contributed by atoms with van der Waals surface area (Å²) in [6.07, 6.45) is 1.56. The summed E-state index contributed by atoms with van der Waals surface area (Å²) in [4.78, 5) is 0. The van der Waals surface area contributed by atoms with Crippen molar-refractivity contribution in [3.63, 3.8) is 0 Å². The van der Waals surface area contributed by atoms with Gasteiger partial charge in [-0.1, -0.05) is 0 Å². The highest BCUT2D eigenvalue weighted by Gasteiger charge is 2.20. The molecule has 0 radical (unpaired) electrons. The monoisotopic (exact) mass is 301 g/mol. The molecule has 0 saturated heterocycles. The maximum atomic E-state index is 10.1. The van der Waals surface area contributed by atoms with Crippen molar-refractivity contribution in [1.29, 1.82) is 0 Å². The molecule has 1 heterocycles. The van der Waals surface area contributed by atoms with Crippen molar-refractivity contribution in [2.45, 2.75) is 12.8 Å². The number of aromatic hydroxyl groups is 1. The number of likely N-dealkylation sites (N-methyl/N-ethyl adjacent to an activating group) is 1. The number of benzene rings is 1. The minimum Gasteiger partial charge on any atom is -0.506 e. The van der Waals surface area contributed by atoms with Crippen LogP contribution in [0.4, 0.5) is 0 Å². The first-order valence-corrected chi connectivity index (χ1v) is 6.48. The van der Waals surface area contributed by atoms with Crippen LogP contribution in [0.3, 0.4) is 0 Å². The first kappa shape index (κ1) is 12.5. The molecule has 1 aliphatic heterocycles. The zero-order valence-corrected chi connectivity index (χ0v) is 11.3. The summed E-state index contributed by atoms with van der Waals surface area (Å²) in [6, 6.07) is 1.76. The smallest absolute Gasteiger partial charge is 0.168 e. The van der Waals surface area contributed by atoms with Crippen LogP contribution in [-0.4, -0.2) is 31.9 Å². The van der Waals surface area contributed by atoms with Gasteiger partial charge >= 0.3 is 0 Å². The summed E-state index contributed by atoms with van der Waals surface area (Å²) in [7, 11) is 1.88. The number of ether oxygens (including phenoxy) is 2. The third-order valence-electron chi connectivity index (χ3n) is 2.69. The van der Waals surface area contributed by atoms with Crippen molar-refractivity contribution < 1.29 is 14.6 Å². The molecule has 4 nitrogen and oxygen atoms in total. The van der Waals surface area contributed by atoms with Gasteiger partial charge in [0.2, 0.25) is 0 Å². The van der Waals surface area contributed by atoms with Crippen LogP contribution in [0, 0.1) is 0 Å². The summed E-state index contributed by atoms with van der Waals surface area (Å²) in [5.41, 5.74) is 0.797. The Balaban J connectivity index is 2.42. The molecule has 0 aliphatic carbocycles. The highest BCUT2D eigenvalue weighted by molar-refractivity contribution is 9.10. The summed E-state index contributed by atoms with van der Waals surface area (Å²) in [6.45, 7) is 2.05. The van der Waals surface area contributed by atoms with Gasteiger partial charge in [-0.15, -0.1) is 0 Å². The van der Waals surface area contributed by atoms with Crippen LogP contribution >= 0.6 is 15.9 Å². The predicted molar refractivity (Wildman–Crippen MR) is 69.0 cm³/mol. The van der Waals surface area contributed by atoms with E-state index in [1.807, 2.05) is 7.05 Å². The van der Waals surface area contributed by atoms with Crippen molar-refractivity contribution in [1.82, 2.24) is 5.32 Å². The number of phenolic OH excluding ortho intramolecular Hbond substituents is 1. The van der Waals surface area contributed by atoms with Gasteiger partial charge in [0.15, 0.2) is 11.5 Å². The summed E-state index contributed by atoms with van der Waals surface area (Å²) < 4.78 is 11.9. The van der Waals surface area contributed by atoms with Gasteiger partial charge in [-0.2, -0.15) is 0 Å². The second-order valence-corrected chi connectivity index (χ2v) is 4.77. The Bertz CT molecular complexity index is 409. The fourth-order valence-corrected chi connectivity index (χ4v) is 2.26. The number of hydrogen-bond donors (Lipinski definition) is 2. The average molecular weight is 302 g/mol. The van der Waals surface area contributed by atoms with Crippen LogP contribution in [0.2, 0.25) is 0 Å². The van der Waals surface area contributed by atoms with Crippen molar-refractivity contribution >= 4 is 15.9 Å². The van der Waals surface area contributed by atoms with Gasteiger partial charge in [0.1, 0.15) is 5.75 Å². The van der Waals surface area contributed by atoms with Crippen molar-refractivity contribution in [3.8, 4) is 17.2 Å². The van der Waals surface area contributed by atoms with E-state index in [1.165, 1.54) is 0 Å². The fraction of sp³-hybridized carbons (Fsp3) is 0.500. The number of nitrogens with one attached hydrogen (secondary N) is 1. The van der Waals surface area contributed by atoms with E-state index in [0.29, 0.717) is 35.6 Å². The normalized spacial score (nSPS) is 14.5. The number of halogens is 1. The van der Waals surface area contributed by atoms with Crippen molar-refractivity contribution in [2.24, 2.45) is 0 Å².